The molecule has 0 bridgehead atoms. The number of nitrogens with two attached hydrogens (primary N) is 1. The lowest BCUT2D eigenvalue weighted by atomic mass is 9.95. The molecule has 1 aromatic carbocycles. The minimum Gasteiger partial charge on any atom is -0.368 e. The summed E-state index contributed by atoms with van der Waals surface area (Å²) in [7, 11) is 0. The molecule has 0 aliphatic heterocycles. The average molecular weight is 232 g/mol. The summed E-state index contributed by atoms with van der Waals surface area (Å²) in [6, 6.07) is 5.71. The van der Waals surface area contributed by atoms with E-state index in [0.717, 1.165) is 29.2 Å². The molecule has 1 saturated carbocycles. The fraction of sp³-hybridized carbons (Fsp3) is 0.500. The Bertz CT molecular complexity index is 404. The van der Waals surface area contributed by atoms with Crippen LogP contribution < -0.4 is 11.1 Å². The Labute approximate surface area is 102 Å². The minimum absolute atomic E-state index is 0.289. The van der Waals surface area contributed by atoms with Crippen molar-refractivity contribution >= 4 is 5.91 Å². The van der Waals surface area contributed by atoms with Gasteiger partial charge in [0.15, 0.2) is 0 Å². The summed E-state index contributed by atoms with van der Waals surface area (Å²) in [4.78, 5) is 11.6. The summed E-state index contributed by atoms with van der Waals surface area (Å²) in [6.45, 7) is 4.94. The molecule has 3 nitrogen and oxygen atoms in total. The van der Waals surface area contributed by atoms with Crippen molar-refractivity contribution in [1.82, 2.24) is 5.32 Å². The first-order valence-corrected chi connectivity index (χ1v) is 6.18. The number of rotatable bonds is 5. The van der Waals surface area contributed by atoms with Crippen molar-refractivity contribution < 1.29 is 4.79 Å². The number of carbonyl (C=O) groups excluding carboxylic acids is 1. The van der Waals surface area contributed by atoms with E-state index in [4.69, 9.17) is 5.73 Å². The molecular formula is C14H20N2O. The molecule has 3 N–H and O–H groups in total. The number of benzene rings is 1. The van der Waals surface area contributed by atoms with Crippen molar-refractivity contribution in [3.05, 3.63) is 34.9 Å². The monoisotopic (exact) mass is 232 g/mol. The SMILES string of the molecule is Cc1cccc(C)c1C(NCC1CC1)C(N)=O. The zero-order valence-corrected chi connectivity index (χ0v) is 10.5. The Morgan fingerprint density at radius 2 is 2.00 bits per heavy atom. The third kappa shape index (κ3) is 2.86. The Balaban J connectivity index is 2.21. The lowest BCUT2D eigenvalue weighted by Gasteiger charge is -2.20. The van der Waals surface area contributed by atoms with Crippen LogP contribution in [0.4, 0.5) is 0 Å². The van der Waals surface area contributed by atoms with Gasteiger partial charge in [-0.15, -0.1) is 0 Å². The van der Waals surface area contributed by atoms with Crippen LogP contribution in [0.1, 0.15) is 35.6 Å². The van der Waals surface area contributed by atoms with Gasteiger partial charge in [-0.3, -0.25) is 4.79 Å². The van der Waals surface area contributed by atoms with Gasteiger partial charge in [0.2, 0.25) is 5.91 Å². The normalized spacial score (nSPS) is 16.8. The van der Waals surface area contributed by atoms with Crippen LogP contribution in [0.15, 0.2) is 18.2 Å². The highest BCUT2D eigenvalue weighted by Gasteiger charge is 2.26. The zero-order chi connectivity index (χ0) is 12.4. The number of carbonyl (C=O) groups is 1. The third-order valence-electron chi connectivity index (χ3n) is 3.42. The molecule has 0 spiro atoms. The maximum atomic E-state index is 11.6. The van der Waals surface area contributed by atoms with Gasteiger partial charge >= 0.3 is 0 Å². The highest BCUT2D eigenvalue weighted by Crippen LogP contribution is 2.29. The van der Waals surface area contributed by atoms with Crippen LogP contribution >= 0.6 is 0 Å². The molecule has 1 amide bonds. The Morgan fingerprint density at radius 1 is 1.41 bits per heavy atom. The molecule has 0 radical (unpaired) electrons. The molecule has 0 saturated heterocycles. The predicted molar refractivity (Wildman–Crippen MR) is 68.6 cm³/mol. The van der Waals surface area contributed by atoms with Crippen LogP contribution in [0.25, 0.3) is 0 Å². The summed E-state index contributed by atoms with van der Waals surface area (Å²) in [5, 5.41) is 3.30. The first kappa shape index (κ1) is 12.1. The molecule has 0 aromatic heterocycles. The summed E-state index contributed by atoms with van der Waals surface area (Å²) in [5.74, 6) is 0.448. The maximum Gasteiger partial charge on any atom is 0.239 e. The molecule has 92 valence electrons. The lowest BCUT2D eigenvalue weighted by Crippen LogP contribution is -2.35. The van der Waals surface area contributed by atoms with Crippen LogP contribution in [0.5, 0.6) is 0 Å². The quantitative estimate of drug-likeness (QED) is 0.813. The first-order valence-electron chi connectivity index (χ1n) is 6.18. The fourth-order valence-electron chi connectivity index (χ4n) is 2.23. The van der Waals surface area contributed by atoms with Gasteiger partial charge in [-0.2, -0.15) is 0 Å². The Morgan fingerprint density at radius 3 is 2.47 bits per heavy atom. The van der Waals surface area contributed by atoms with E-state index in [1.165, 1.54) is 12.8 Å². The van der Waals surface area contributed by atoms with E-state index < -0.39 is 0 Å². The van der Waals surface area contributed by atoms with E-state index in [9.17, 15) is 4.79 Å². The summed E-state index contributed by atoms with van der Waals surface area (Å²) >= 11 is 0. The topological polar surface area (TPSA) is 55.1 Å². The average Bonchev–Trinajstić information content (AvgIpc) is 3.05. The van der Waals surface area contributed by atoms with Gasteiger partial charge in [0.05, 0.1) is 0 Å². The molecule has 3 heteroatoms. The van der Waals surface area contributed by atoms with Gasteiger partial charge in [0, 0.05) is 0 Å². The molecule has 1 aromatic rings. The lowest BCUT2D eigenvalue weighted by molar-refractivity contribution is -0.120. The molecule has 1 aliphatic carbocycles. The van der Waals surface area contributed by atoms with Crippen molar-refractivity contribution in [2.75, 3.05) is 6.54 Å². The van der Waals surface area contributed by atoms with E-state index in [1.807, 2.05) is 32.0 Å². The standard InChI is InChI=1S/C14H20N2O/c1-9-4-3-5-10(2)12(9)13(14(15)17)16-8-11-6-7-11/h3-5,11,13,16H,6-8H2,1-2H3,(H2,15,17). The van der Waals surface area contributed by atoms with E-state index >= 15 is 0 Å². The summed E-state index contributed by atoms with van der Waals surface area (Å²) in [5.41, 5.74) is 8.80. The van der Waals surface area contributed by atoms with Crippen molar-refractivity contribution in [2.45, 2.75) is 32.7 Å². The number of nitrogens with one attached hydrogen (secondary N) is 1. The van der Waals surface area contributed by atoms with Crippen molar-refractivity contribution in [2.24, 2.45) is 11.7 Å². The second-order valence-corrected chi connectivity index (χ2v) is 4.99. The van der Waals surface area contributed by atoms with Gasteiger partial charge in [-0.25, -0.2) is 0 Å². The van der Waals surface area contributed by atoms with E-state index in [2.05, 4.69) is 5.32 Å². The number of hydrogen-bond donors (Lipinski definition) is 2. The fourth-order valence-corrected chi connectivity index (χ4v) is 2.23. The van der Waals surface area contributed by atoms with Crippen LogP contribution in [0, 0.1) is 19.8 Å². The van der Waals surface area contributed by atoms with Gasteiger partial charge in [0.1, 0.15) is 6.04 Å². The number of amides is 1. The molecule has 0 heterocycles. The van der Waals surface area contributed by atoms with Crippen LogP contribution in [0.2, 0.25) is 0 Å². The second kappa shape index (κ2) is 4.88. The molecule has 1 aliphatic rings. The zero-order valence-electron chi connectivity index (χ0n) is 10.5. The van der Waals surface area contributed by atoms with Crippen molar-refractivity contribution in [1.29, 1.82) is 0 Å². The molecule has 1 unspecified atom stereocenters. The van der Waals surface area contributed by atoms with Gasteiger partial charge in [0.25, 0.3) is 0 Å². The van der Waals surface area contributed by atoms with E-state index in [-0.39, 0.29) is 11.9 Å². The second-order valence-electron chi connectivity index (χ2n) is 4.99. The maximum absolute atomic E-state index is 11.6. The molecule has 1 atom stereocenters. The number of aryl methyl sites for hydroxylation is 2. The predicted octanol–water partition coefficient (Wildman–Crippen LogP) is 1.83. The summed E-state index contributed by atoms with van der Waals surface area (Å²) in [6.07, 6.45) is 2.54. The molecule has 17 heavy (non-hydrogen) atoms. The van der Waals surface area contributed by atoms with E-state index in [0.29, 0.717) is 0 Å². The largest absolute Gasteiger partial charge is 0.368 e. The minimum atomic E-state index is -0.350. The van der Waals surface area contributed by atoms with Gasteiger partial charge in [-0.1, -0.05) is 18.2 Å². The molecular weight excluding hydrogens is 212 g/mol. The smallest absolute Gasteiger partial charge is 0.239 e. The van der Waals surface area contributed by atoms with Crippen molar-refractivity contribution in [3.8, 4) is 0 Å². The van der Waals surface area contributed by atoms with Crippen LogP contribution in [-0.2, 0) is 4.79 Å². The number of primary amides is 1. The van der Waals surface area contributed by atoms with Crippen LogP contribution in [-0.4, -0.2) is 12.5 Å². The van der Waals surface area contributed by atoms with Gasteiger partial charge < -0.3 is 11.1 Å². The molecule has 1 fully saturated rings. The van der Waals surface area contributed by atoms with Crippen LogP contribution in [0.3, 0.4) is 0 Å². The van der Waals surface area contributed by atoms with Gasteiger partial charge in [-0.05, 0) is 55.8 Å². The summed E-state index contributed by atoms with van der Waals surface area (Å²) < 4.78 is 0. The Kier molecular flexibility index (Phi) is 3.48. The highest BCUT2D eigenvalue weighted by atomic mass is 16.1. The number of hydrogen-bond acceptors (Lipinski definition) is 2. The molecule has 2 rings (SSSR count). The van der Waals surface area contributed by atoms with E-state index in [1.54, 1.807) is 0 Å². The third-order valence-corrected chi connectivity index (χ3v) is 3.42. The Hall–Kier alpha value is -1.35. The van der Waals surface area contributed by atoms with Crippen molar-refractivity contribution in [3.63, 3.8) is 0 Å². The first-order chi connectivity index (χ1) is 8.09. The highest BCUT2D eigenvalue weighted by molar-refractivity contribution is 5.82.